The average Bonchev–Trinajstić information content (AvgIpc) is 2.91. The van der Waals surface area contributed by atoms with Gasteiger partial charge in [0.15, 0.2) is 0 Å². The highest BCUT2D eigenvalue weighted by atomic mass is 15.1. The summed E-state index contributed by atoms with van der Waals surface area (Å²) >= 11 is 0. The third kappa shape index (κ3) is 3.03. The summed E-state index contributed by atoms with van der Waals surface area (Å²) in [4.78, 5) is 4.15. The zero-order valence-electron chi connectivity index (χ0n) is 12.1. The van der Waals surface area contributed by atoms with Crippen LogP contribution in [0.1, 0.15) is 39.0 Å². The summed E-state index contributed by atoms with van der Waals surface area (Å²) in [6.07, 6.45) is 12.3. The molecule has 3 rings (SSSR count). The highest BCUT2D eigenvalue weighted by Crippen LogP contribution is 2.27. The zero-order valence-corrected chi connectivity index (χ0v) is 12.1. The molecule has 0 saturated heterocycles. The van der Waals surface area contributed by atoms with Crippen LogP contribution in [-0.4, -0.2) is 15.6 Å². The van der Waals surface area contributed by atoms with Crippen LogP contribution in [-0.2, 0) is 0 Å². The maximum absolute atomic E-state index is 4.15. The minimum absolute atomic E-state index is 0.602. The maximum Gasteiger partial charge on any atom is 0.0992 e. The molecule has 0 spiro atoms. The highest BCUT2D eigenvalue weighted by Gasteiger charge is 2.17. The van der Waals surface area contributed by atoms with Crippen LogP contribution in [0.5, 0.6) is 0 Å². The second-order valence-electron chi connectivity index (χ2n) is 5.94. The van der Waals surface area contributed by atoms with Crippen molar-refractivity contribution in [3.8, 4) is 5.69 Å². The molecule has 0 aliphatic heterocycles. The Balaban J connectivity index is 1.77. The summed E-state index contributed by atoms with van der Waals surface area (Å²) in [6.45, 7) is 2.38. The van der Waals surface area contributed by atoms with E-state index in [0.29, 0.717) is 6.04 Å². The Labute approximate surface area is 121 Å². The summed E-state index contributed by atoms with van der Waals surface area (Å²) in [5.74, 6) is 0.880. The van der Waals surface area contributed by atoms with Crippen LogP contribution >= 0.6 is 0 Å². The number of rotatable bonds is 3. The van der Waals surface area contributed by atoms with E-state index in [1.54, 1.807) is 0 Å². The Bertz CT molecular complexity index is 533. The standard InChI is InChI=1S/C17H23N3/c1-14-5-4-6-15(10-9-14)19-16-7-2-3-8-17(16)20-12-11-18-13-20/h2-3,7-8,11-15,19H,4-6,9-10H2,1H3. The molecular formula is C17H23N3. The van der Waals surface area contributed by atoms with E-state index < -0.39 is 0 Å². The lowest BCUT2D eigenvalue weighted by Crippen LogP contribution is -2.19. The average molecular weight is 269 g/mol. The lowest BCUT2D eigenvalue weighted by atomic mass is 10.0. The van der Waals surface area contributed by atoms with E-state index in [1.165, 1.54) is 43.5 Å². The number of imidazole rings is 1. The van der Waals surface area contributed by atoms with Gasteiger partial charge in [-0.15, -0.1) is 0 Å². The molecule has 20 heavy (non-hydrogen) atoms. The Morgan fingerprint density at radius 1 is 1.15 bits per heavy atom. The molecule has 1 N–H and O–H groups in total. The van der Waals surface area contributed by atoms with Gasteiger partial charge in [0, 0.05) is 18.4 Å². The van der Waals surface area contributed by atoms with Gasteiger partial charge in [0.2, 0.25) is 0 Å². The number of nitrogens with one attached hydrogen (secondary N) is 1. The molecule has 1 aliphatic carbocycles. The number of para-hydroxylation sites is 2. The van der Waals surface area contributed by atoms with Crippen LogP contribution in [0.25, 0.3) is 5.69 Å². The number of hydrogen-bond acceptors (Lipinski definition) is 2. The number of anilines is 1. The Morgan fingerprint density at radius 2 is 2.05 bits per heavy atom. The molecule has 0 amide bonds. The van der Waals surface area contributed by atoms with Crippen molar-refractivity contribution in [1.29, 1.82) is 0 Å². The molecule has 2 aromatic rings. The lowest BCUT2D eigenvalue weighted by Gasteiger charge is -2.20. The predicted molar refractivity (Wildman–Crippen MR) is 83.2 cm³/mol. The largest absolute Gasteiger partial charge is 0.381 e. The van der Waals surface area contributed by atoms with E-state index in [0.717, 1.165) is 5.92 Å². The first-order chi connectivity index (χ1) is 9.83. The van der Waals surface area contributed by atoms with E-state index >= 15 is 0 Å². The molecule has 1 fully saturated rings. The molecule has 1 heterocycles. The fourth-order valence-corrected chi connectivity index (χ4v) is 3.07. The minimum Gasteiger partial charge on any atom is -0.381 e. The maximum atomic E-state index is 4.15. The monoisotopic (exact) mass is 269 g/mol. The quantitative estimate of drug-likeness (QED) is 0.844. The number of aromatic nitrogens is 2. The van der Waals surface area contributed by atoms with Gasteiger partial charge in [-0.2, -0.15) is 0 Å². The van der Waals surface area contributed by atoms with Gasteiger partial charge < -0.3 is 9.88 Å². The third-order valence-corrected chi connectivity index (χ3v) is 4.30. The van der Waals surface area contributed by atoms with E-state index in [1.807, 2.05) is 18.7 Å². The fourth-order valence-electron chi connectivity index (χ4n) is 3.07. The van der Waals surface area contributed by atoms with Gasteiger partial charge in [-0.25, -0.2) is 4.98 Å². The smallest absolute Gasteiger partial charge is 0.0992 e. The van der Waals surface area contributed by atoms with Crippen molar-refractivity contribution in [1.82, 2.24) is 9.55 Å². The van der Waals surface area contributed by atoms with Crippen molar-refractivity contribution in [3.63, 3.8) is 0 Å². The third-order valence-electron chi connectivity index (χ3n) is 4.30. The van der Waals surface area contributed by atoms with E-state index in [9.17, 15) is 0 Å². The van der Waals surface area contributed by atoms with E-state index in [4.69, 9.17) is 0 Å². The summed E-state index contributed by atoms with van der Waals surface area (Å²) < 4.78 is 2.07. The van der Waals surface area contributed by atoms with Crippen molar-refractivity contribution in [2.45, 2.75) is 45.1 Å². The van der Waals surface area contributed by atoms with Gasteiger partial charge in [-0.3, -0.25) is 0 Å². The van der Waals surface area contributed by atoms with E-state index in [-0.39, 0.29) is 0 Å². The molecule has 3 heteroatoms. The number of hydrogen-bond donors (Lipinski definition) is 1. The molecule has 0 radical (unpaired) electrons. The predicted octanol–water partition coefficient (Wildman–Crippen LogP) is 4.25. The molecule has 1 saturated carbocycles. The molecule has 1 aliphatic rings. The van der Waals surface area contributed by atoms with Gasteiger partial charge in [0.25, 0.3) is 0 Å². The topological polar surface area (TPSA) is 29.9 Å². The summed E-state index contributed by atoms with van der Waals surface area (Å²) in [7, 11) is 0. The first kappa shape index (κ1) is 13.2. The lowest BCUT2D eigenvalue weighted by molar-refractivity contribution is 0.502. The van der Waals surface area contributed by atoms with Crippen molar-refractivity contribution >= 4 is 5.69 Å². The van der Waals surface area contributed by atoms with Gasteiger partial charge in [-0.05, 0) is 37.3 Å². The molecule has 0 bridgehead atoms. The molecular weight excluding hydrogens is 246 g/mol. The van der Waals surface area contributed by atoms with Gasteiger partial charge >= 0.3 is 0 Å². The molecule has 106 valence electrons. The molecule has 1 aromatic heterocycles. The number of benzene rings is 1. The van der Waals surface area contributed by atoms with Gasteiger partial charge in [0.05, 0.1) is 17.7 Å². The zero-order chi connectivity index (χ0) is 13.8. The van der Waals surface area contributed by atoms with Crippen LogP contribution in [0.4, 0.5) is 5.69 Å². The molecule has 3 nitrogen and oxygen atoms in total. The van der Waals surface area contributed by atoms with Gasteiger partial charge in [-0.1, -0.05) is 31.9 Å². The summed E-state index contributed by atoms with van der Waals surface area (Å²) in [6, 6.07) is 9.09. The first-order valence-electron chi connectivity index (χ1n) is 7.67. The van der Waals surface area contributed by atoms with Crippen LogP contribution < -0.4 is 5.32 Å². The highest BCUT2D eigenvalue weighted by molar-refractivity contribution is 5.61. The summed E-state index contributed by atoms with van der Waals surface area (Å²) in [5, 5.41) is 3.75. The molecule has 2 atom stereocenters. The van der Waals surface area contributed by atoms with Crippen LogP contribution in [0.3, 0.4) is 0 Å². The molecule has 2 unspecified atom stereocenters. The Morgan fingerprint density at radius 3 is 2.90 bits per heavy atom. The van der Waals surface area contributed by atoms with Crippen molar-refractivity contribution in [3.05, 3.63) is 43.0 Å². The Hall–Kier alpha value is -1.77. The van der Waals surface area contributed by atoms with Crippen LogP contribution in [0.2, 0.25) is 0 Å². The van der Waals surface area contributed by atoms with Crippen LogP contribution in [0, 0.1) is 5.92 Å². The van der Waals surface area contributed by atoms with Crippen LogP contribution in [0.15, 0.2) is 43.0 Å². The second-order valence-corrected chi connectivity index (χ2v) is 5.94. The minimum atomic E-state index is 0.602. The normalized spacial score (nSPS) is 23.2. The molecule has 1 aromatic carbocycles. The second kappa shape index (κ2) is 6.12. The van der Waals surface area contributed by atoms with Crippen molar-refractivity contribution in [2.24, 2.45) is 5.92 Å². The van der Waals surface area contributed by atoms with E-state index in [2.05, 4.69) is 46.1 Å². The Kier molecular flexibility index (Phi) is 4.05. The first-order valence-corrected chi connectivity index (χ1v) is 7.67. The summed E-state index contributed by atoms with van der Waals surface area (Å²) in [5.41, 5.74) is 2.40. The SMILES string of the molecule is CC1CCCC(Nc2ccccc2-n2ccnc2)CC1. The number of nitrogens with zero attached hydrogens (tertiary/aromatic N) is 2. The fraction of sp³-hybridized carbons (Fsp3) is 0.471. The van der Waals surface area contributed by atoms with Gasteiger partial charge in [0.1, 0.15) is 0 Å². The van der Waals surface area contributed by atoms with Crippen molar-refractivity contribution < 1.29 is 0 Å². The van der Waals surface area contributed by atoms with Crippen molar-refractivity contribution in [2.75, 3.05) is 5.32 Å².